The van der Waals surface area contributed by atoms with Gasteiger partial charge in [0.2, 0.25) is 5.89 Å². The number of urea groups is 1. The molecular weight excluding hydrogens is 268 g/mol. The number of aryl methyl sites for hydroxylation is 1. The fourth-order valence-corrected chi connectivity index (χ4v) is 1.91. The minimum Gasteiger partial charge on any atom is -0.480 e. The molecule has 110 valence electrons. The maximum Gasteiger partial charge on any atom is 0.329 e. The number of carboxylic acids is 1. The zero-order chi connectivity index (χ0) is 14.8. The van der Waals surface area contributed by atoms with Gasteiger partial charge in [-0.05, 0) is 13.8 Å². The van der Waals surface area contributed by atoms with E-state index in [-0.39, 0.29) is 19.2 Å². The maximum absolute atomic E-state index is 11.8. The van der Waals surface area contributed by atoms with Crippen LogP contribution in [0.3, 0.4) is 0 Å². The molecule has 0 unspecified atom stereocenters. The van der Waals surface area contributed by atoms with E-state index in [1.807, 2.05) is 0 Å². The summed E-state index contributed by atoms with van der Waals surface area (Å²) < 4.78 is 10.1. The molecule has 0 radical (unpaired) electrons. The van der Waals surface area contributed by atoms with E-state index < -0.39 is 11.6 Å². The second-order valence-electron chi connectivity index (χ2n) is 4.88. The SMILES string of the molecule is Cc1noc(CNC(=O)N2CC(C)(OCC(=O)O)C2)n1. The molecule has 0 aromatic carbocycles. The van der Waals surface area contributed by atoms with Crippen LogP contribution in [0.4, 0.5) is 4.79 Å². The molecule has 1 aliphatic heterocycles. The van der Waals surface area contributed by atoms with Gasteiger partial charge in [-0.3, -0.25) is 0 Å². The molecule has 1 saturated heterocycles. The number of amides is 2. The van der Waals surface area contributed by atoms with Crippen molar-refractivity contribution in [2.75, 3.05) is 19.7 Å². The molecule has 0 saturated carbocycles. The van der Waals surface area contributed by atoms with Crippen molar-refractivity contribution in [3.8, 4) is 0 Å². The van der Waals surface area contributed by atoms with Crippen molar-refractivity contribution < 1.29 is 24.0 Å². The lowest BCUT2D eigenvalue weighted by Crippen LogP contribution is -2.65. The lowest BCUT2D eigenvalue weighted by atomic mass is 9.97. The third kappa shape index (κ3) is 3.44. The highest BCUT2D eigenvalue weighted by Crippen LogP contribution is 2.24. The Morgan fingerprint density at radius 2 is 2.25 bits per heavy atom. The average Bonchev–Trinajstić information content (AvgIpc) is 2.76. The smallest absolute Gasteiger partial charge is 0.329 e. The first-order chi connectivity index (χ1) is 9.38. The summed E-state index contributed by atoms with van der Waals surface area (Å²) in [6.45, 7) is 3.93. The van der Waals surface area contributed by atoms with Crippen molar-refractivity contribution in [1.29, 1.82) is 0 Å². The second-order valence-corrected chi connectivity index (χ2v) is 4.88. The quantitative estimate of drug-likeness (QED) is 0.766. The fourth-order valence-electron chi connectivity index (χ4n) is 1.91. The molecule has 9 heteroatoms. The highest BCUT2D eigenvalue weighted by atomic mass is 16.5. The molecule has 0 aliphatic carbocycles. The Kier molecular flexibility index (Phi) is 3.89. The van der Waals surface area contributed by atoms with Crippen LogP contribution in [0.1, 0.15) is 18.6 Å². The van der Waals surface area contributed by atoms with Crippen LogP contribution in [0, 0.1) is 6.92 Å². The number of rotatable bonds is 5. The van der Waals surface area contributed by atoms with Crippen LogP contribution < -0.4 is 5.32 Å². The zero-order valence-corrected chi connectivity index (χ0v) is 11.3. The largest absolute Gasteiger partial charge is 0.480 e. The Morgan fingerprint density at radius 1 is 1.55 bits per heavy atom. The summed E-state index contributed by atoms with van der Waals surface area (Å²) >= 11 is 0. The van der Waals surface area contributed by atoms with Gasteiger partial charge in [0, 0.05) is 0 Å². The van der Waals surface area contributed by atoms with E-state index in [4.69, 9.17) is 14.4 Å². The van der Waals surface area contributed by atoms with Crippen LogP contribution in [-0.2, 0) is 16.1 Å². The summed E-state index contributed by atoms with van der Waals surface area (Å²) in [6, 6.07) is -0.280. The molecule has 2 N–H and O–H groups in total. The van der Waals surface area contributed by atoms with Gasteiger partial charge in [-0.2, -0.15) is 4.98 Å². The van der Waals surface area contributed by atoms with E-state index in [0.29, 0.717) is 24.8 Å². The van der Waals surface area contributed by atoms with Crippen LogP contribution in [0.15, 0.2) is 4.52 Å². The molecule has 1 aromatic heterocycles. The van der Waals surface area contributed by atoms with Gasteiger partial charge in [-0.25, -0.2) is 9.59 Å². The number of nitrogens with zero attached hydrogens (tertiary/aromatic N) is 3. The van der Waals surface area contributed by atoms with Crippen molar-refractivity contribution in [1.82, 2.24) is 20.4 Å². The highest BCUT2D eigenvalue weighted by Gasteiger charge is 2.42. The van der Waals surface area contributed by atoms with Gasteiger partial charge in [-0.1, -0.05) is 5.16 Å². The van der Waals surface area contributed by atoms with E-state index in [1.165, 1.54) is 4.90 Å². The predicted octanol–water partition coefficient (Wildman–Crippen LogP) is -0.237. The van der Waals surface area contributed by atoms with Crippen molar-refractivity contribution in [3.05, 3.63) is 11.7 Å². The number of nitrogens with one attached hydrogen (secondary N) is 1. The Hall–Kier alpha value is -2.16. The zero-order valence-electron chi connectivity index (χ0n) is 11.3. The lowest BCUT2D eigenvalue weighted by Gasteiger charge is -2.46. The number of hydrogen-bond donors (Lipinski definition) is 2. The summed E-state index contributed by atoms with van der Waals surface area (Å²) in [5, 5.41) is 14.8. The molecule has 1 aliphatic rings. The van der Waals surface area contributed by atoms with Crippen molar-refractivity contribution in [2.24, 2.45) is 0 Å². The van der Waals surface area contributed by atoms with Crippen LogP contribution in [0.25, 0.3) is 0 Å². The first kappa shape index (κ1) is 14.3. The molecule has 20 heavy (non-hydrogen) atoms. The summed E-state index contributed by atoms with van der Waals surface area (Å²) in [7, 11) is 0. The van der Waals surface area contributed by atoms with Crippen LogP contribution in [0.2, 0.25) is 0 Å². The molecule has 0 spiro atoms. The molecule has 2 rings (SSSR count). The van der Waals surface area contributed by atoms with Gasteiger partial charge in [0.15, 0.2) is 5.82 Å². The van der Waals surface area contributed by atoms with Gasteiger partial charge in [0.05, 0.1) is 19.6 Å². The summed E-state index contributed by atoms with van der Waals surface area (Å²) in [4.78, 5) is 27.7. The number of aromatic nitrogens is 2. The van der Waals surface area contributed by atoms with Crippen molar-refractivity contribution in [3.63, 3.8) is 0 Å². The van der Waals surface area contributed by atoms with Crippen molar-refractivity contribution >= 4 is 12.0 Å². The third-order valence-electron chi connectivity index (χ3n) is 2.84. The number of hydrogen-bond acceptors (Lipinski definition) is 6. The molecule has 0 atom stereocenters. The van der Waals surface area contributed by atoms with Gasteiger partial charge >= 0.3 is 12.0 Å². The van der Waals surface area contributed by atoms with E-state index in [2.05, 4.69) is 15.5 Å². The minimum atomic E-state index is -1.03. The monoisotopic (exact) mass is 284 g/mol. The number of likely N-dealkylation sites (tertiary alicyclic amines) is 1. The van der Waals surface area contributed by atoms with Crippen LogP contribution in [0.5, 0.6) is 0 Å². The number of carbonyl (C=O) groups excluding carboxylic acids is 1. The Labute approximate surface area is 114 Å². The lowest BCUT2D eigenvalue weighted by molar-refractivity contribution is -0.159. The number of ether oxygens (including phenoxy) is 1. The Morgan fingerprint density at radius 3 is 2.80 bits per heavy atom. The Balaban J connectivity index is 1.72. The van der Waals surface area contributed by atoms with E-state index in [9.17, 15) is 9.59 Å². The van der Waals surface area contributed by atoms with Gasteiger partial charge in [-0.15, -0.1) is 0 Å². The third-order valence-corrected chi connectivity index (χ3v) is 2.84. The summed E-state index contributed by atoms with van der Waals surface area (Å²) in [6.07, 6.45) is 0. The highest BCUT2D eigenvalue weighted by molar-refractivity contribution is 5.75. The van der Waals surface area contributed by atoms with E-state index in [0.717, 1.165) is 0 Å². The molecule has 2 heterocycles. The van der Waals surface area contributed by atoms with Crippen LogP contribution in [-0.4, -0.2) is 57.4 Å². The van der Waals surface area contributed by atoms with Gasteiger partial charge < -0.3 is 24.6 Å². The predicted molar refractivity (Wildman–Crippen MR) is 64.8 cm³/mol. The van der Waals surface area contributed by atoms with E-state index >= 15 is 0 Å². The molecule has 1 aromatic rings. The van der Waals surface area contributed by atoms with Crippen LogP contribution >= 0.6 is 0 Å². The molecule has 9 nitrogen and oxygen atoms in total. The first-order valence-electron chi connectivity index (χ1n) is 6.06. The number of carboxylic acid groups (broad SMARTS) is 1. The molecule has 1 fully saturated rings. The number of aliphatic carboxylic acids is 1. The summed E-state index contributed by atoms with van der Waals surface area (Å²) in [5.41, 5.74) is -0.600. The topological polar surface area (TPSA) is 118 Å². The maximum atomic E-state index is 11.8. The van der Waals surface area contributed by atoms with Gasteiger partial charge in [0.25, 0.3) is 0 Å². The normalized spacial score (nSPS) is 16.6. The fraction of sp³-hybridized carbons (Fsp3) is 0.636. The average molecular weight is 284 g/mol. The van der Waals surface area contributed by atoms with Crippen molar-refractivity contribution in [2.45, 2.75) is 26.0 Å². The minimum absolute atomic E-state index is 0.156. The Bertz CT molecular complexity index is 509. The van der Waals surface area contributed by atoms with Gasteiger partial charge in [0.1, 0.15) is 12.2 Å². The first-order valence-corrected chi connectivity index (χ1v) is 6.06. The second kappa shape index (κ2) is 5.45. The molecular formula is C11H16N4O5. The molecule has 0 bridgehead atoms. The summed E-state index contributed by atoms with van der Waals surface area (Å²) in [5.74, 6) is -0.185. The van der Waals surface area contributed by atoms with E-state index in [1.54, 1.807) is 13.8 Å². The number of carbonyl (C=O) groups is 2. The molecule has 2 amide bonds. The standard InChI is InChI=1S/C11H16N4O5/c1-7-13-8(20-14-7)3-12-10(18)15-5-11(2,6-15)19-4-9(16)17/h3-6H2,1-2H3,(H,12,18)(H,16,17).